The topological polar surface area (TPSA) is 307 Å². The molecule has 0 aromatic rings. The molecule has 3 aliphatic heterocycles. The minimum Gasteiger partial charge on any atom is -0.394 e. The Kier molecular flexibility index (Phi) is 55.0. The second-order valence-corrected chi connectivity index (χ2v) is 27.4. The molecule has 1 amide bonds. The molecule has 0 aromatic carbocycles. The number of hydrogen-bond acceptors (Lipinski definition) is 18. The highest BCUT2D eigenvalue weighted by Gasteiger charge is 2.53. The van der Waals surface area contributed by atoms with Crippen molar-refractivity contribution < 1.29 is 89.4 Å². The summed E-state index contributed by atoms with van der Waals surface area (Å²) >= 11 is 0. The monoisotopic (exact) mass is 1410 g/mol. The molecule has 17 unspecified atom stereocenters. The van der Waals surface area contributed by atoms with Crippen LogP contribution in [0.3, 0.4) is 0 Å². The lowest BCUT2D eigenvalue weighted by molar-refractivity contribution is -0.379. The second-order valence-electron chi connectivity index (χ2n) is 27.4. The van der Waals surface area contributed by atoms with E-state index in [4.69, 9.17) is 28.4 Å². The zero-order valence-corrected chi connectivity index (χ0v) is 61.4. The van der Waals surface area contributed by atoms with Crippen LogP contribution in [0.2, 0.25) is 0 Å². The standard InChI is InChI=1S/C81H139NO18/c1-3-5-7-9-11-13-15-17-19-21-23-25-27-28-29-30-31-32-33-34-35-36-37-39-41-43-45-47-49-51-53-55-57-59-69(87)82-64(65(86)58-56-54-52-50-48-46-44-42-40-38-26-24-22-20-18-16-14-12-10-8-6-4-2)63-95-79-75(93)72(90)77(67(61-84)97-79)100-81-76(94)73(91)78(68(62-85)98-81)99-80-74(92)71(89)70(88)66(60-83)96-80/h5,7,11,13,17,19,23,25,28-29,31-32,40,42,48,50,56,58,64-68,70-81,83-86,88-94H,3-4,6,8-10,12,14-16,18,20-22,24,26-27,30,33-39,41,43-47,49,51-55,57,59-63H2,1-2H3,(H,82,87)/b7-5-,13-11-,19-17-,25-23-,29-28-,32-31-,42-40+,50-48+,58-56+. The fourth-order valence-electron chi connectivity index (χ4n) is 12.5. The number of carbonyl (C=O) groups is 1. The predicted octanol–water partition coefficient (Wildman–Crippen LogP) is 12.6. The Morgan fingerprint density at radius 3 is 1.12 bits per heavy atom. The van der Waals surface area contributed by atoms with Gasteiger partial charge in [0.2, 0.25) is 5.91 Å². The molecular formula is C81H139NO18. The second kappa shape index (κ2) is 60.7. The average molecular weight is 1410 g/mol. The summed E-state index contributed by atoms with van der Waals surface area (Å²) in [6, 6.07) is -1.00. The minimum atomic E-state index is -1.99. The van der Waals surface area contributed by atoms with Gasteiger partial charge in [0.1, 0.15) is 73.2 Å². The molecule has 0 bridgehead atoms. The van der Waals surface area contributed by atoms with Gasteiger partial charge in [-0.3, -0.25) is 4.79 Å². The molecule has 100 heavy (non-hydrogen) atoms. The first-order valence-corrected chi connectivity index (χ1v) is 39.1. The maximum absolute atomic E-state index is 13.5. The lowest BCUT2D eigenvalue weighted by atomic mass is 9.96. The molecule has 0 radical (unpaired) electrons. The van der Waals surface area contributed by atoms with Gasteiger partial charge < -0.3 is 89.9 Å². The van der Waals surface area contributed by atoms with Gasteiger partial charge in [0, 0.05) is 6.42 Å². The van der Waals surface area contributed by atoms with E-state index in [2.05, 4.69) is 116 Å². The third kappa shape index (κ3) is 40.6. The van der Waals surface area contributed by atoms with Crippen molar-refractivity contribution in [2.45, 2.75) is 369 Å². The fourth-order valence-corrected chi connectivity index (χ4v) is 12.5. The zero-order valence-electron chi connectivity index (χ0n) is 61.4. The first-order chi connectivity index (χ1) is 48.8. The van der Waals surface area contributed by atoms with Crippen LogP contribution < -0.4 is 5.32 Å². The van der Waals surface area contributed by atoms with Crippen molar-refractivity contribution >= 4 is 5.91 Å². The van der Waals surface area contributed by atoms with Crippen LogP contribution in [0.25, 0.3) is 0 Å². The first kappa shape index (κ1) is 90.7. The molecule has 3 saturated heterocycles. The van der Waals surface area contributed by atoms with Crippen LogP contribution in [0.15, 0.2) is 109 Å². The Morgan fingerprint density at radius 2 is 0.700 bits per heavy atom. The summed E-state index contributed by atoms with van der Waals surface area (Å²) in [4.78, 5) is 13.5. The van der Waals surface area contributed by atoms with E-state index in [0.717, 1.165) is 96.3 Å². The van der Waals surface area contributed by atoms with Crippen LogP contribution in [0, 0.1) is 0 Å². The van der Waals surface area contributed by atoms with E-state index in [0.29, 0.717) is 12.8 Å². The van der Waals surface area contributed by atoms with E-state index in [1.54, 1.807) is 6.08 Å². The third-order valence-electron chi connectivity index (χ3n) is 18.8. The van der Waals surface area contributed by atoms with E-state index < -0.39 is 124 Å². The van der Waals surface area contributed by atoms with E-state index in [-0.39, 0.29) is 18.9 Å². The van der Waals surface area contributed by atoms with E-state index in [1.807, 2.05) is 6.08 Å². The van der Waals surface area contributed by atoms with Crippen molar-refractivity contribution in [3.05, 3.63) is 109 Å². The summed E-state index contributed by atoms with van der Waals surface area (Å²) in [6.07, 6.45) is 56.4. The van der Waals surface area contributed by atoms with Crippen LogP contribution in [0.5, 0.6) is 0 Å². The molecule has 3 rings (SSSR count). The Labute approximate surface area is 602 Å². The van der Waals surface area contributed by atoms with Crippen molar-refractivity contribution in [2.24, 2.45) is 0 Å². The molecule has 19 heteroatoms. The van der Waals surface area contributed by atoms with E-state index in [9.17, 15) is 61.0 Å². The molecule has 19 nitrogen and oxygen atoms in total. The SMILES string of the molecule is CC/C=C\C/C=C\C/C=C\C/C=C\C/C=C\C/C=C\CCCCCCCCCCCCCCCCC(=O)NC(COC1OC(CO)C(OC2OC(CO)C(OC3OC(CO)C(O)C(O)C3O)C(O)C2O)C(O)C1O)C(O)/C=C/CC/C=C/CC/C=C/CCCCCCCCCCCCCC. The maximum Gasteiger partial charge on any atom is 0.220 e. The number of ether oxygens (including phenoxy) is 6. The van der Waals surface area contributed by atoms with Gasteiger partial charge in [-0.2, -0.15) is 0 Å². The average Bonchev–Trinajstić information content (AvgIpc) is 0.783. The number of hydrogen-bond donors (Lipinski definition) is 12. The van der Waals surface area contributed by atoms with Gasteiger partial charge in [0.05, 0.1) is 38.6 Å². The Bertz CT molecular complexity index is 2230. The number of amides is 1. The van der Waals surface area contributed by atoms with Crippen LogP contribution >= 0.6 is 0 Å². The highest BCUT2D eigenvalue weighted by molar-refractivity contribution is 5.76. The van der Waals surface area contributed by atoms with Crippen LogP contribution in [0.1, 0.15) is 264 Å². The number of allylic oxidation sites excluding steroid dienone is 17. The molecule has 0 aliphatic carbocycles. The predicted molar refractivity (Wildman–Crippen MR) is 397 cm³/mol. The molecule has 3 heterocycles. The summed E-state index contributed by atoms with van der Waals surface area (Å²) in [5.74, 6) is -0.293. The number of rotatable bonds is 60. The quantitative estimate of drug-likeness (QED) is 0.0199. The van der Waals surface area contributed by atoms with Crippen LogP contribution in [0.4, 0.5) is 0 Å². The third-order valence-corrected chi connectivity index (χ3v) is 18.8. The molecule has 0 aromatic heterocycles. The number of aliphatic hydroxyl groups excluding tert-OH is 11. The summed E-state index contributed by atoms with van der Waals surface area (Å²) in [6.45, 7) is 1.60. The molecule has 3 fully saturated rings. The summed E-state index contributed by atoms with van der Waals surface area (Å²) in [5, 5.41) is 121. The Balaban J connectivity index is 1.39. The lowest BCUT2D eigenvalue weighted by Crippen LogP contribution is -2.66. The van der Waals surface area contributed by atoms with Gasteiger partial charge in [-0.15, -0.1) is 0 Å². The highest BCUT2D eigenvalue weighted by Crippen LogP contribution is 2.33. The summed E-state index contributed by atoms with van der Waals surface area (Å²) in [5.41, 5.74) is 0. The normalized spacial score (nSPS) is 27.1. The van der Waals surface area contributed by atoms with E-state index >= 15 is 0 Å². The first-order valence-electron chi connectivity index (χ1n) is 39.1. The van der Waals surface area contributed by atoms with Crippen molar-refractivity contribution in [2.75, 3.05) is 26.4 Å². The van der Waals surface area contributed by atoms with Gasteiger partial charge in [0.15, 0.2) is 18.9 Å². The molecule has 3 aliphatic rings. The number of unbranched alkanes of at least 4 members (excludes halogenated alkanes) is 28. The van der Waals surface area contributed by atoms with E-state index in [1.165, 1.54) is 135 Å². The number of aliphatic hydroxyl groups is 11. The smallest absolute Gasteiger partial charge is 0.220 e. The Hall–Kier alpha value is -3.55. The molecule has 0 spiro atoms. The van der Waals surface area contributed by atoms with Gasteiger partial charge in [-0.25, -0.2) is 0 Å². The summed E-state index contributed by atoms with van der Waals surface area (Å²) in [7, 11) is 0. The van der Waals surface area contributed by atoms with Gasteiger partial charge >= 0.3 is 0 Å². The van der Waals surface area contributed by atoms with Gasteiger partial charge in [0.25, 0.3) is 0 Å². The van der Waals surface area contributed by atoms with Crippen molar-refractivity contribution in [3.8, 4) is 0 Å². The molecule has 12 N–H and O–H groups in total. The highest BCUT2D eigenvalue weighted by atomic mass is 16.8. The van der Waals surface area contributed by atoms with Crippen molar-refractivity contribution in [3.63, 3.8) is 0 Å². The maximum atomic E-state index is 13.5. The molecule has 17 atom stereocenters. The lowest BCUT2D eigenvalue weighted by Gasteiger charge is -2.48. The van der Waals surface area contributed by atoms with Crippen LogP contribution in [-0.2, 0) is 33.2 Å². The molecular weight excluding hydrogens is 1270 g/mol. The number of carbonyl (C=O) groups excluding carboxylic acids is 1. The van der Waals surface area contributed by atoms with Gasteiger partial charge in [-0.05, 0) is 96.3 Å². The number of nitrogens with one attached hydrogen (secondary N) is 1. The zero-order chi connectivity index (χ0) is 72.5. The largest absolute Gasteiger partial charge is 0.394 e. The minimum absolute atomic E-state index is 0.225. The van der Waals surface area contributed by atoms with Crippen molar-refractivity contribution in [1.82, 2.24) is 5.32 Å². The summed E-state index contributed by atoms with van der Waals surface area (Å²) < 4.78 is 34.4. The molecule has 576 valence electrons. The fraction of sp³-hybridized carbons (Fsp3) is 0.765. The molecule has 0 saturated carbocycles. The van der Waals surface area contributed by atoms with Crippen LogP contribution in [-0.4, -0.2) is 193 Å². The van der Waals surface area contributed by atoms with Crippen molar-refractivity contribution in [1.29, 1.82) is 0 Å². The van der Waals surface area contributed by atoms with Gasteiger partial charge in [-0.1, -0.05) is 271 Å². The Morgan fingerprint density at radius 1 is 0.370 bits per heavy atom.